The fourth-order valence-corrected chi connectivity index (χ4v) is 4.28. The minimum atomic E-state index is -1.07. The van der Waals surface area contributed by atoms with Gasteiger partial charge in [0.15, 0.2) is 0 Å². The second-order valence-electron chi connectivity index (χ2n) is 6.74. The number of nitrogens with one attached hydrogen (secondary N) is 2. The summed E-state index contributed by atoms with van der Waals surface area (Å²) in [6.07, 6.45) is 4.79. The van der Waals surface area contributed by atoms with E-state index in [0.29, 0.717) is 17.1 Å². The highest BCUT2D eigenvalue weighted by atomic mass is 35.5. The fraction of sp³-hybridized carbons (Fsp3) is 0.450. The van der Waals surface area contributed by atoms with Gasteiger partial charge in [-0.2, -0.15) is 0 Å². The van der Waals surface area contributed by atoms with Crippen LogP contribution in [0.3, 0.4) is 0 Å². The molecular formula is C20H26ClN3O3S. The molecule has 1 heterocycles. The molecular weight excluding hydrogens is 398 g/mol. The van der Waals surface area contributed by atoms with Gasteiger partial charge in [-0.15, -0.1) is 11.8 Å². The van der Waals surface area contributed by atoms with E-state index < -0.39 is 12.0 Å². The summed E-state index contributed by atoms with van der Waals surface area (Å²) in [5.41, 5.74) is 1.65. The number of aromatic nitrogens is 2. The van der Waals surface area contributed by atoms with Gasteiger partial charge in [0.2, 0.25) is 5.91 Å². The summed E-state index contributed by atoms with van der Waals surface area (Å²) < 4.78 is 0. The Morgan fingerprint density at radius 2 is 2.07 bits per heavy atom. The Kier molecular flexibility index (Phi) is 8.86. The van der Waals surface area contributed by atoms with Crippen LogP contribution in [0.15, 0.2) is 36.8 Å². The molecule has 0 bridgehead atoms. The van der Waals surface area contributed by atoms with Crippen molar-refractivity contribution in [1.82, 2.24) is 15.3 Å². The molecule has 0 saturated carbocycles. The number of aromatic amines is 1. The number of carboxylic acids is 1. The van der Waals surface area contributed by atoms with Crippen LogP contribution in [-0.2, 0) is 22.4 Å². The van der Waals surface area contributed by atoms with Gasteiger partial charge in [0.25, 0.3) is 0 Å². The molecule has 2 rings (SSSR count). The molecule has 3 unspecified atom stereocenters. The molecule has 1 aromatic carbocycles. The van der Waals surface area contributed by atoms with E-state index >= 15 is 0 Å². The number of carbonyl (C=O) groups is 2. The van der Waals surface area contributed by atoms with Crippen molar-refractivity contribution in [3.8, 4) is 0 Å². The average molecular weight is 424 g/mol. The van der Waals surface area contributed by atoms with Crippen molar-refractivity contribution in [1.29, 1.82) is 0 Å². The van der Waals surface area contributed by atoms with Crippen LogP contribution < -0.4 is 5.32 Å². The first-order valence-electron chi connectivity index (χ1n) is 9.27. The number of benzene rings is 1. The lowest BCUT2D eigenvalue weighted by atomic mass is 9.97. The van der Waals surface area contributed by atoms with Crippen molar-refractivity contribution in [2.24, 2.45) is 5.92 Å². The third-order valence-electron chi connectivity index (χ3n) is 4.37. The maximum Gasteiger partial charge on any atom is 0.326 e. The van der Waals surface area contributed by atoms with Gasteiger partial charge in [0.1, 0.15) is 6.04 Å². The van der Waals surface area contributed by atoms with Gasteiger partial charge in [0, 0.05) is 23.3 Å². The van der Waals surface area contributed by atoms with Gasteiger partial charge in [-0.25, -0.2) is 9.78 Å². The number of carboxylic acid groups (broad SMARTS) is 1. The maximum atomic E-state index is 13.0. The molecule has 0 fully saturated rings. The molecule has 6 nitrogen and oxygen atoms in total. The molecule has 28 heavy (non-hydrogen) atoms. The summed E-state index contributed by atoms with van der Waals surface area (Å²) in [6, 6.07) is 6.58. The van der Waals surface area contributed by atoms with E-state index in [4.69, 9.17) is 11.6 Å². The molecule has 1 amide bonds. The van der Waals surface area contributed by atoms with E-state index in [0.717, 1.165) is 17.7 Å². The lowest BCUT2D eigenvalue weighted by Gasteiger charge is -2.25. The Bertz CT molecular complexity index is 770. The van der Waals surface area contributed by atoms with Crippen LogP contribution in [0.5, 0.6) is 0 Å². The van der Waals surface area contributed by atoms with Gasteiger partial charge in [-0.3, -0.25) is 4.79 Å². The minimum absolute atomic E-state index is 0.00181. The van der Waals surface area contributed by atoms with Crippen LogP contribution >= 0.6 is 23.4 Å². The number of hydrogen-bond donors (Lipinski definition) is 3. The Labute approximate surface area is 174 Å². The predicted octanol–water partition coefficient (Wildman–Crippen LogP) is 3.57. The second kappa shape index (κ2) is 11.1. The lowest BCUT2D eigenvalue weighted by Crippen LogP contribution is -2.47. The molecule has 0 radical (unpaired) electrons. The molecule has 152 valence electrons. The standard InChI is InChI=1S/C20H26ClN3O3S/c1-3-8-28-18(13(2)9-14-6-4-5-7-16(14)21)19(25)24-17(20(26)27)10-15-11-22-12-23-15/h4-7,11-13,17-18H,3,8-10H2,1-2H3,(H,22,23)(H,24,25)(H,26,27). The number of nitrogens with zero attached hydrogens (tertiary/aromatic N) is 1. The Balaban J connectivity index is 2.09. The first kappa shape index (κ1) is 22.3. The van der Waals surface area contributed by atoms with Crippen LogP contribution in [-0.4, -0.2) is 44.0 Å². The van der Waals surface area contributed by atoms with Crippen LogP contribution in [0.2, 0.25) is 5.02 Å². The number of amides is 1. The van der Waals surface area contributed by atoms with E-state index in [1.807, 2.05) is 31.2 Å². The molecule has 1 aromatic heterocycles. The summed E-state index contributed by atoms with van der Waals surface area (Å²) >= 11 is 7.82. The molecule has 0 spiro atoms. The monoisotopic (exact) mass is 423 g/mol. The molecule has 8 heteroatoms. The summed E-state index contributed by atoms with van der Waals surface area (Å²) in [6.45, 7) is 4.06. The lowest BCUT2D eigenvalue weighted by molar-refractivity contribution is -0.141. The SMILES string of the molecule is CCCSC(C(=O)NC(Cc1cnc[nH]1)C(=O)O)C(C)Cc1ccccc1Cl. The average Bonchev–Trinajstić information content (AvgIpc) is 3.16. The number of rotatable bonds is 11. The number of hydrogen-bond acceptors (Lipinski definition) is 4. The summed E-state index contributed by atoms with van der Waals surface area (Å²) in [7, 11) is 0. The number of carbonyl (C=O) groups excluding carboxylic acids is 1. The number of imidazole rings is 1. The van der Waals surface area contributed by atoms with Crippen LogP contribution in [0.25, 0.3) is 0 Å². The van der Waals surface area contributed by atoms with Crippen LogP contribution in [0, 0.1) is 5.92 Å². The normalized spacial score (nSPS) is 14.2. The number of aliphatic carboxylic acids is 1. The highest BCUT2D eigenvalue weighted by molar-refractivity contribution is 8.00. The number of halogens is 1. The van der Waals surface area contributed by atoms with E-state index in [-0.39, 0.29) is 23.5 Å². The third kappa shape index (κ3) is 6.56. The van der Waals surface area contributed by atoms with Crippen LogP contribution in [0.4, 0.5) is 0 Å². The first-order valence-corrected chi connectivity index (χ1v) is 10.7. The summed E-state index contributed by atoms with van der Waals surface area (Å²) in [5, 5.41) is 12.5. The zero-order valence-electron chi connectivity index (χ0n) is 16.0. The van der Waals surface area contributed by atoms with Crippen molar-refractivity contribution in [2.75, 3.05) is 5.75 Å². The van der Waals surface area contributed by atoms with Crippen molar-refractivity contribution < 1.29 is 14.7 Å². The van der Waals surface area contributed by atoms with Crippen LogP contribution in [0.1, 0.15) is 31.5 Å². The van der Waals surface area contributed by atoms with E-state index in [1.165, 1.54) is 6.33 Å². The Morgan fingerprint density at radius 1 is 1.32 bits per heavy atom. The topological polar surface area (TPSA) is 95.1 Å². The zero-order chi connectivity index (χ0) is 20.5. The van der Waals surface area contributed by atoms with Gasteiger partial charge in [-0.1, -0.05) is 43.6 Å². The van der Waals surface area contributed by atoms with Crippen molar-refractivity contribution in [2.45, 2.75) is 44.4 Å². The molecule has 2 aromatic rings. The minimum Gasteiger partial charge on any atom is -0.480 e. The molecule has 0 aliphatic rings. The zero-order valence-corrected chi connectivity index (χ0v) is 17.6. The molecule has 0 aliphatic heterocycles. The van der Waals surface area contributed by atoms with E-state index in [9.17, 15) is 14.7 Å². The first-order chi connectivity index (χ1) is 13.4. The highest BCUT2D eigenvalue weighted by Gasteiger charge is 2.30. The molecule has 0 aliphatic carbocycles. The molecule has 3 N–H and O–H groups in total. The van der Waals surface area contributed by atoms with Gasteiger partial charge in [-0.05, 0) is 36.1 Å². The maximum absolute atomic E-state index is 13.0. The quantitative estimate of drug-likeness (QED) is 0.513. The Morgan fingerprint density at radius 3 is 2.68 bits per heavy atom. The fourth-order valence-electron chi connectivity index (χ4n) is 2.93. The van der Waals surface area contributed by atoms with E-state index in [1.54, 1.807) is 18.0 Å². The highest BCUT2D eigenvalue weighted by Crippen LogP contribution is 2.27. The largest absolute Gasteiger partial charge is 0.480 e. The molecule has 0 saturated heterocycles. The van der Waals surface area contributed by atoms with Crippen molar-refractivity contribution in [3.05, 3.63) is 53.1 Å². The van der Waals surface area contributed by atoms with Gasteiger partial charge < -0.3 is 15.4 Å². The second-order valence-corrected chi connectivity index (χ2v) is 8.40. The van der Waals surface area contributed by atoms with E-state index in [2.05, 4.69) is 22.2 Å². The molecule has 3 atom stereocenters. The smallest absolute Gasteiger partial charge is 0.326 e. The van der Waals surface area contributed by atoms with Gasteiger partial charge >= 0.3 is 5.97 Å². The van der Waals surface area contributed by atoms with Gasteiger partial charge in [0.05, 0.1) is 11.6 Å². The summed E-state index contributed by atoms with van der Waals surface area (Å²) in [5.74, 6) is -0.507. The number of H-pyrrole nitrogens is 1. The predicted molar refractivity (Wildman–Crippen MR) is 113 cm³/mol. The van der Waals surface area contributed by atoms with Crippen molar-refractivity contribution in [3.63, 3.8) is 0 Å². The third-order valence-corrected chi connectivity index (χ3v) is 6.42. The van der Waals surface area contributed by atoms with Crippen molar-refractivity contribution >= 4 is 35.2 Å². The summed E-state index contributed by atoms with van der Waals surface area (Å²) in [4.78, 5) is 31.4. The Hall–Kier alpha value is -1.99. The number of thioether (sulfide) groups is 1.